The highest BCUT2D eigenvalue weighted by molar-refractivity contribution is 7.90. The first kappa shape index (κ1) is 25.3. The summed E-state index contributed by atoms with van der Waals surface area (Å²) in [6, 6.07) is 13.0. The Labute approximate surface area is 221 Å². The Morgan fingerprint density at radius 1 is 1.11 bits per heavy atom. The van der Waals surface area contributed by atoms with Crippen molar-refractivity contribution < 1.29 is 13.5 Å². The molecule has 0 spiro atoms. The van der Waals surface area contributed by atoms with E-state index in [-0.39, 0.29) is 21.7 Å². The van der Waals surface area contributed by atoms with Crippen LogP contribution < -0.4 is 16.0 Å². The molecule has 1 aliphatic rings. The fraction of sp³-hybridized carbons (Fsp3) is 0.259. The minimum Gasteiger partial charge on any atom is -0.506 e. The summed E-state index contributed by atoms with van der Waals surface area (Å²) in [5.74, 6) is 0.877. The zero-order valence-corrected chi connectivity index (χ0v) is 22.1. The highest BCUT2D eigenvalue weighted by Gasteiger charge is 2.20. The van der Waals surface area contributed by atoms with E-state index in [0.717, 1.165) is 49.1 Å². The number of phenolic OH excluding ortho intramolecular Hbond substituents is 1. The molecule has 3 heterocycles. The molecule has 1 unspecified atom stereocenters. The molecule has 0 saturated carbocycles. The van der Waals surface area contributed by atoms with Crippen molar-refractivity contribution in [2.75, 3.05) is 29.6 Å². The van der Waals surface area contributed by atoms with Crippen LogP contribution in [0.1, 0.15) is 18.4 Å². The Morgan fingerprint density at radius 2 is 1.92 bits per heavy atom. The predicted molar refractivity (Wildman–Crippen MR) is 149 cm³/mol. The van der Waals surface area contributed by atoms with Crippen molar-refractivity contribution in [1.82, 2.24) is 9.97 Å². The number of hydrogen-bond acceptors (Lipinski definition) is 8. The van der Waals surface area contributed by atoms with Crippen molar-refractivity contribution in [3.05, 3.63) is 65.4 Å². The highest BCUT2D eigenvalue weighted by atomic mass is 35.5. The van der Waals surface area contributed by atoms with E-state index in [1.54, 1.807) is 19.2 Å². The normalized spacial score (nSPS) is 16.2. The maximum atomic E-state index is 12.7. The molecule has 8 nitrogen and oxygen atoms in total. The van der Waals surface area contributed by atoms with E-state index in [9.17, 15) is 13.5 Å². The molecule has 192 valence electrons. The summed E-state index contributed by atoms with van der Waals surface area (Å²) in [6.45, 7) is 3.44. The quantitative estimate of drug-likeness (QED) is 0.324. The van der Waals surface area contributed by atoms with Gasteiger partial charge in [0.15, 0.2) is 9.84 Å². The fourth-order valence-electron chi connectivity index (χ4n) is 4.68. The molecule has 5 rings (SSSR count). The number of sulfone groups is 1. The molecule has 1 fully saturated rings. The average molecular weight is 538 g/mol. The van der Waals surface area contributed by atoms with Crippen LogP contribution in [0.4, 0.5) is 17.2 Å². The Balaban J connectivity index is 1.58. The number of hydrogen-bond donors (Lipinski definition) is 3. The van der Waals surface area contributed by atoms with Crippen LogP contribution in [-0.2, 0) is 9.84 Å². The molecule has 4 aromatic rings. The first-order valence-electron chi connectivity index (χ1n) is 12.0. The zero-order valence-electron chi connectivity index (χ0n) is 20.6. The number of nitrogens with one attached hydrogen (secondary N) is 1. The number of aromatic hydroxyl groups is 1. The third-order valence-electron chi connectivity index (χ3n) is 6.62. The first-order chi connectivity index (χ1) is 17.6. The van der Waals surface area contributed by atoms with Gasteiger partial charge >= 0.3 is 0 Å². The summed E-state index contributed by atoms with van der Waals surface area (Å²) in [4.78, 5) is 11.3. The van der Waals surface area contributed by atoms with Gasteiger partial charge < -0.3 is 21.1 Å². The molecule has 0 radical (unpaired) electrons. The highest BCUT2D eigenvalue weighted by Crippen LogP contribution is 2.37. The van der Waals surface area contributed by atoms with E-state index in [1.807, 2.05) is 36.4 Å². The second-order valence-electron chi connectivity index (χ2n) is 9.50. The second-order valence-corrected chi connectivity index (χ2v) is 11.9. The van der Waals surface area contributed by atoms with Gasteiger partial charge in [-0.2, -0.15) is 0 Å². The van der Waals surface area contributed by atoms with E-state index in [2.05, 4.69) is 20.2 Å². The monoisotopic (exact) mass is 537 g/mol. The Bertz CT molecular complexity index is 1570. The van der Waals surface area contributed by atoms with Crippen LogP contribution in [0, 0.1) is 6.92 Å². The SMILES string of the molecule is Cc1cc(-c2ccc3ncc(S(C)(=O)=O)c(Nc4ccc(N5CCCC(N)C5)nc4)c3c2)cc(Cl)c1O. The molecule has 1 atom stereocenters. The molecule has 1 aliphatic heterocycles. The zero-order chi connectivity index (χ0) is 26.3. The lowest BCUT2D eigenvalue weighted by Crippen LogP contribution is -2.43. The van der Waals surface area contributed by atoms with Gasteiger partial charge in [0.25, 0.3) is 0 Å². The van der Waals surface area contributed by atoms with E-state index < -0.39 is 9.84 Å². The van der Waals surface area contributed by atoms with E-state index in [1.165, 1.54) is 6.20 Å². The van der Waals surface area contributed by atoms with Gasteiger partial charge in [0.1, 0.15) is 16.5 Å². The molecule has 0 aliphatic carbocycles. The van der Waals surface area contributed by atoms with Crippen LogP contribution >= 0.6 is 11.6 Å². The minimum atomic E-state index is -3.59. The number of pyridine rings is 2. The maximum Gasteiger partial charge on any atom is 0.179 e. The fourth-order valence-corrected chi connectivity index (χ4v) is 5.72. The van der Waals surface area contributed by atoms with Gasteiger partial charge in [0.05, 0.1) is 28.1 Å². The summed E-state index contributed by atoms with van der Waals surface area (Å²) in [7, 11) is -3.59. The predicted octanol–water partition coefficient (Wildman–Crippen LogP) is 5.04. The summed E-state index contributed by atoms with van der Waals surface area (Å²) in [5, 5.41) is 14.2. The van der Waals surface area contributed by atoms with Crippen LogP contribution in [0.15, 0.2) is 59.8 Å². The molecule has 0 amide bonds. The van der Waals surface area contributed by atoms with Gasteiger partial charge in [-0.15, -0.1) is 0 Å². The molecule has 2 aromatic carbocycles. The molecule has 0 bridgehead atoms. The maximum absolute atomic E-state index is 12.7. The Kier molecular flexibility index (Phi) is 6.70. The van der Waals surface area contributed by atoms with Gasteiger partial charge in [0.2, 0.25) is 0 Å². The number of piperidine rings is 1. The smallest absolute Gasteiger partial charge is 0.179 e. The number of anilines is 3. The van der Waals surface area contributed by atoms with Gasteiger partial charge in [-0.1, -0.05) is 17.7 Å². The summed E-state index contributed by atoms with van der Waals surface area (Å²) in [6.07, 6.45) is 6.27. The minimum absolute atomic E-state index is 0.0390. The molecule has 37 heavy (non-hydrogen) atoms. The van der Waals surface area contributed by atoms with Gasteiger partial charge in [0, 0.05) is 37.0 Å². The van der Waals surface area contributed by atoms with Gasteiger partial charge in [-0.25, -0.2) is 13.4 Å². The molecule has 1 saturated heterocycles. The average Bonchev–Trinajstić information content (AvgIpc) is 2.86. The number of aryl methyl sites for hydroxylation is 1. The lowest BCUT2D eigenvalue weighted by molar-refractivity contribution is 0.471. The number of nitrogens with zero attached hydrogens (tertiary/aromatic N) is 3. The van der Waals surface area contributed by atoms with Crippen molar-refractivity contribution in [1.29, 1.82) is 0 Å². The molecule has 2 aromatic heterocycles. The number of fused-ring (bicyclic) bond motifs is 1. The standard InChI is InChI=1S/C27H28ClN5O3S/c1-16-10-18(12-22(28)27(16)34)17-5-7-23-21(11-17)26(24(14-30-23)37(2,35)36)32-20-6-8-25(31-13-20)33-9-3-4-19(29)15-33/h5-8,10-14,19,34H,3-4,9,15,29H2,1-2H3,(H,30,32). The molecular weight excluding hydrogens is 510 g/mol. The molecule has 10 heteroatoms. The second kappa shape index (κ2) is 9.81. The Hall–Kier alpha value is -3.40. The topological polar surface area (TPSA) is 121 Å². The Morgan fingerprint density at radius 3 is 2.59 bits per heavy atom. The van der Waals surface area contributed by atoms with Crippen LogP contribution in [0.2, 0.25) is 5.02 Å². The summed E-state index contributed by atoms with van der Waals surface area (Å²) in [5.41, 5.74) is 10.1. The third-order valence-corrected chi connectivity index (χ3v) is 8.02. The van der Waals surface area contributed by atoms with Gasteiger partial charge in [-0.05, 0) is 72.9 Å². The summed E-state index contributed by atoms with van der Waals surface area (Å²) < 4.78 is 25.4. The number of phenols is 1. The van der Waals surface area contributed by atoms with Crippen molar-refractivity contribution >= 4 is 49.5 Å². The molecular formula is C27H28ClN5O3S. The number of nitrogens with two attached hydrogens (primary N) is 1. The lowest BCUT2D eigenvalue weighted by Gasteiger charge is -2.31. The van der Waals surface area contributed by atoms with Crippen molar-refractivity contribution in [3.8, 4) is 16.9 Å². The number of benzene rings is 2. The van der Waals surface area contributed by atoms with E-state index in [0.29, 0.717) is 27.8 Å². The summed E-state index contributed by atoms with van der Waals surface area (Å²) >= 11 is 6.22. The van der Waals surface area contributed by atoms with Gasteiger partial charge in [-0.3, -0.25) is 4.98 Å². The number of aromatic nitrogens is 2. The lowest BCUT2D eigenvalue weighted by atomic mass is 10.0. The van der Waals surface area contributed by atoms with Crippen molar-refractivity contribution in [3.63, 3.8) is 0 Å². The van der Waals surface area contributed by atoms with Crippen molar-refractivity contribution in [2.45, 2.75) is 30.7 Å². The van der Waals surface area contributed by atoms with Crippen LogP contribution in [0.5, 0.6) is 5.75 Å². The number of halogens is 1. The molecule has 4 N–H and O–H groups in total. The van der Waals surface area contributed by atoms with Crippen molar-refractivity contribution in [2.24, 2.45) is 5.73 Å². The number of rotatable bonds is 5. The van der Waals surface area contributed by atoms with Crippen LogP contribution in [0.3, 0.4) is 0 Å². The van der Waals surface area contributed by atoms with Crippen LogP contribution in [-0.4, -0.2) is 48.9 Å². The van der Waals surface area contributed by atoms with E-state index in [4.69, 9.17) is 17.3 Å². The third kappa shape index (κ3) is 5.20. The largest absolute Gasteiger partial charge is 0.506 e. The van der Waals surface area contributed by atoms with Crippen LogP contribution in [0.25, 0.3) is 22.0 Å². The first-order valence-corrected chi connectivity index (χ1v) is 14.2. The van der Waals surface area contributed by atoms with E-state index >= 15 is 0 Å².